The Kier molecular flexibility index (Phi) is 3.53. The minimum Gasteiger partial charge on any atom is -0.326 e. The van der Waals surface area contributed by atoms with Gasteiger partial charge < -0.3 is 11.5 Å². The molecular weight excluding hydrogens is 220 g/mol. The summed E-state index contributed by atoms with van der Waals surface area (Å²) in [5.41, 5.74) is 13.2. The lowest BCUT2D eigenvalue weighted by Crippen LogP contribution is -2.59. The lowest BCUT2D eigenvalue weighted by atomic mass is 9.74. The first-order valence-corrected chi connectivity index (χ1v) is 6.32. The van der Waals surface area contributed by atoms with E-state index in [0.29, 0.717) is 0 Å². The van der Waals surface area contributed by atoms with Crippen LogP contribution in [0.2, 0.25) is 0 Å². The van der Waals surface area contributed by atoms with Crippen molar-refractivity contribution in [3.8, 4) is 0 Å². The molecule has 16 heavy (non-hydrogen) atoms. The average molecular weight is 239 g/mol. The second-order valence-corrected chi connectivity index (χ2v) is 5.17. The Labute approximate surface area is 102 Å². The maximum absolute atomic E-state index is 6.52. The molecule has 2 nitrogen and oxygen atoms in total. The summed E-state index contributed by atoms with van der Waals surface area (Å²) < 4.78 is 0. The quantitative estimate of drug-likeness (QED) is 0.779. The van der Waals surface area contributed by atoms with Gasteiger partial charge in [-0.25, -0.2) is 0 Å². The first-order valence-electron chi connectivity index (χ1n) is 5.88. The van der Waals surface area contributed by atoms with Gasteiger partial charge in [0, 0.05) is 6.04 Å². The van der Waals surface area contributed by atoms with Gasteiger partial charge in [0.1, 0.15) is 0 Å². The molecule has 88 valence electrons. The predicted molar refractivity (Wildman–Crippen MR) is 68.4 cm³/mol. The van der Waals surface area contributed by atoms with Crippen molar-refractivity contribution < 1.29 is 0 Å². The molecule has 0 saturated heterocycles. The standard InChI is InChI=1S/C13H19ClN2/c14-12(10-6-2-1-3-7-10)13(16)9-5-4-8-11(13)15/h1-3,6-7,11-12H,4-5,8-9,15-16H2. The number of hydrogen-bond acceptors (Lipinski definition) is 2. The first kappa shape index (κ1) is 11.9. The van der Waals surface area contributed by atoms with Crippen molar-refractivity contribution in [2.45, 2.75) is 42.6 Å². The van der Waals surface area contributed by atoms with Crippen LogP contribution in [-0.4, -0.2) is 11.6 Å². The van der Waals surface area contributed by atoms with Crippen LogP contribution in [0, 0.1) is 0 Å². The average Bonchev–Trinajstić information content (AvgIpc) is 2.33. The number of rotatable bonds is 2. The molecule has 3 atom stereocenters. The highest BCUT2D eigenvalue weighted by Gasteiger charge is 2.41. The van der Waals surface area contributed by atoms with E-state index in [4.69, 9.17) is 23.1 Å². The number of halogens is 1. The molecule has 1 aliphatic carbocycles. The lowest BCUT2D eigenvalue weighted by Gasteiger charge is -2.42. The maximum Gasteiger partial charge on any atom is 0.0780 e. The summed E-state index contributed by atoms with van der Waals surface area (Å²) in [6.45, 7) is 0. The molecule has 1 aromatic rings. The highest BCUT2D eigenvalue weighted by Crippen LogP contribution is 2.39. The van der Waals surface area contributed by atoms with Crippen molar-refractivity contribution in [2.75, 3.05) is 0 Å². The van der Waals surface area contributed by atoms with Crippen LogP contribution in [-0.2, 0) is 0 Å². The van der Waals surface area contributed by atoms with Crippen LogP contribution in [0.25, 0.3) is 0 Å². The molecule has 4 N–H and O–H groups in total. The summed E-state index contributed by atoms with van der Waals surface area (Å²) in [6.07, 6.45) is 4.18. The highest BCUT2D eigenvalue weighted by molar-refractivity contribution is 6.21. The fourth-order valence-electron chi connectivity index (χ4n) is 2.50. The Bertz CT molecular complexity index is 341. The van der Waals surface area contributed by atoms with Crippen LogP contribution in [0.3, 0.4) is 0 Å². The van der Waals surface area contributed by atoms with Crippen molar-refractivity contribution in [1.29, 1.82) is 0 Å². The summed E-state index contributed by atoms with van der Waals surface area (Å²) in [5.74, 6) is 0. The van der Waals surface area contributed by atoms with Gasteiger partial charge in [-0.3, -0.25) is 0 Å². The third kappa shape index (κ3) is 2.10. The molecule has 0 aromatic heterocycles. The van der Waals surface area contributed by atoms with Crippen molar-refractivity contribution in [3.63, 3.8) is 0 Å². The topological polar surface area (TPSA) is 52.0 Å². The van der Waals surface area contributed by atoms with Crippen molar-refractivity contribution >= 4 is 11.6 Å². The smallest absolute Gasteiger partial charge is 0.0780 e. The Morgan fingerprint density at radius 1 is 1.25 bits per heavy atom. The third-order valence-corrected chi connectivity index (χ3v) is 4.29. The highest BCUT2D eigenvalue weighted by atomic mass is 35.5. The van der Waals surface area contributed by atoms with Gasteiger partial charge in [-0.2, -0.15) is 0 Å². The minimum atomic E-state index is -0.457. The number of nitrogens with two attached hydrogens (primary N) is 2. The van der Waals surface area contributed by atoms with Gasteiger partial charge in [0.2, 0.25) is 0 Å². The van der Waals surface area contributed by atoms with E-state index in [1.807, 2.05) is 30.3 Å². The molecule has 1 fully saturated rings. The molecule has 0 aliphatic heterocycles. The maximum atomic E-state index is 6.52. The summed E-state index contributed by atoms with van der Waals surface area (Å²) in [6, 6.07) is 10.0. The van der Waals surface area contributed by atoms with Crippen LogP contribution in [0.15, 0.2) is 30.3 Å². The molecule has 1 saturated carbocycles. The monoisotopic (exact) mass is 238 g/mol. The molecule has 0 spiro atoms. The molecule has 2 rings (SSSR count). The fraction of sp³-hybridized carbons (Fsp3) is 0.538. The molecule has 3 heteroatoms. The molecular formula is C13H19ClN2. The second-order valence-electron chi connectivity index (χ2n) is 4.74. The molecule has 0 radical (unpaired) electrons. The van der Waals surface area contributed by atoms with Gasteiger partial charge in [0.05, 0.1) is 10.9 Å². The lowest BCUT2D eigenvalue weighted by molar-refractivity contribution is 0.244. The Hall–Kier alpha value is -0.570. The van der Waals surface area contributed by atoms with E-state index in [1.54, 1.807) is 0 Å². The molecule has 0 bridgehead atoms. The molecule has 1 aliphatic rings. The first-order chi connectivity index (χ1) is 7.64. The third-order valence-electron chi connectivity index (χ3n) is 3.63. The van der Waals surface area contributed by atoms with Gasteiger partial charge in [0.15, 0.2) is 0 Å². The second kappa shape index (κ2) is 4.74. The van der Waals surface area contributed by atoms with E-state index in [2.05, 4.69) is 0 Å². The number of benzene rings is 1. The Morgan fingerprint density at radius 2 is 1.94 bits per heavy atom. The predicted octanol–water partition coefficient (Wildman–Crippen LogP) is 2.57. The van der Waals surface area contributed by atoms with Crippen LogP contribution in [0.4, 0.5) is 0 Å². The summed E-state index contributed by atoms with van der Waals surface area (Å²) >= 11 is 6.52. The van der Waals surface area contributed by atoms with Crippen LogP contribution < -0.4 is 11.5 Å². The molecule has 0 heterocycles. The van der Waals surface area contributed by atoms with E-state index in [9.17, 15) is 0 Å². The van der Waals surface area contributed by atoms with E-state index in [1.165, 1.54) is 6.42 Å². The zero-order chi connectivity index (χ0) is 11.6. The summed E-state index contributed by atoms with van der Waals surface area (Å²) in [4.78, 5) is 0. The van der Waals surface area contributed by atoms with Crippen molar-refractivity contribution in [3.05, 3.63) is 35.9 Å². The van der Waals surface area contributed by atoms with Crippen molar-refractivity contribution in [1.82, 2.24) is 0 Å². The van der Waals surface area contributed by atoms with Gasteiger partial charge in [-0.1, -0.05) is 43.2 Å². The summed E-state index contributed by atoms with van der Waals surface area (Å²) in [5, 5.41) is -0.191. The van der Waals surface area contributed by atoms with Crippen LogP contribution in [0.5, 0.6) is 0 Å². The fourth-order valence-corrected chi connectivity index (χ4v) is 2.91. The van der Waals surface area contributed by atoms with E-state index < -0.39 is 5.54 Å². The molecule has 3 unspecified atom stereocenters. The van der Waals surface area contributed by atoms with E-state index in [-0.39, 0.29) is 11.4 Å². The SMILES string of the molecule is NC1CCCCC1(N)C(Cl)c1ccccc1. The van der Waals surface area contributed by atoms with Gasteiger partial charge >= 0.3 is 0 Å². The minimum absolute atomic E-state index is 0.00366. The van der Waals surface area contributed by atoms with E-state index in [0.717, 1.165) is 24.8 Å². The van der Waals surface area contributed by atoms with E-state index >= 15 is 0 Å². The zero-order valence-corrected chi connectivity index (χ0v) is 10.2. The van der Waals surface area contributed by atoms with Crippen LogP contribution >= 0.6 is 11.6 Å². The largest absolute Gasteiger partial charge is 0.326 e. The number of alkyl halides is 1. The molecule has 1 aromatic carbocycles. The van der Waals surface area contributed by atoms with Gasteiger partial charge in [-0.05, 0) is 18.4 Å². The van der Waals surface area contributed by atoms with Crippen LogP contribution in [0.1, 0.15) is 36.6 Å². The Morgan fingerprint density at radius 3 is 2.56 bits per heavy atom. The normalized spacial score (nSPS) is 32.3. The number of hydrogen-bond donors (Lipinski definition) is 2. The zero-order valence-electron chi connectivity index (χ0n) is 9.40. The van der Waals surface area contributed by atoms with Gasteiger partial charge in [-0.15, -0.1) is 11.6 Å². The Balaban J connectivity index is 2.22. The molecule has 0 amide bonds. The van der Waals surface area contributed by atoms with Crippen molar-refractivity contribution in [2.24, 2.45) is 11.5 Å². The van der Waals surface area contributed by atoms with Gasteiger partial charge in [0.25, 0.3) is 0 Å². The summed E-state index contributed by atoms with van der Waals surface area (Å²) in [7, 11) is 0.